The molecule has 0 bridgehead atoms. The minimum absolute atomic E-state index is 0.00745. The van der Waals surface area contributed by atoms with E-state index < -0.39 is 18.3 Å². The summed E-state index contributed by atoms with van der Waals surface area (Å²) in [5, 5.41) is 28.0. The van der Waals surface area contributed by atoms with Gasteiger partial charge in [0.05, 0.1) is 25.4 Å². The van der Waals surface area contributed by atoms with Gasteiger partial charge in [-0.2, -0.15) is 0 Å². The molecule has 1 heterocycles. The molecular formula is C8H17BO4. The second-order valence-electron chi connectivity index (χ2n) is 4.11. The Morgan fingerprint density at radius 1 is 1.69 bits per heavy atom. The molecule has 76 valence electrons. The normalized spacial score (nSPS) is 43.1. The molecule has 4 atom stereocenters. The van der Waals surface area contributed by atoms with Crippen molar-refractivity contribution in [2.45, 2.75) is 37.0 Å². The number of hydrogen-bond donors (Lipinski definition) is 3. The molecule has 0 saturated carbocycles. The van der Waals surface area contributed by atoms with E-state index in [9.17, 15) is 10.2 Å². The lowest BCUT2D eigenvalue weighted by molar-refractivity contribution is -0.198. The van der Waals surface area contributed by atoms with Crippen LogP contribution in [0.15, 0.2) is 0 Å². The van der Waals surface area contributed by atoms with E-state index in [1.54, 1.807) is 0 Å². The summed E-state index contributed by atoms with van der Waals surface area (Å²) in [5.41, 5.74) is -1.47. The summed E-state index contributed by atoms with van der Waals surface area (Å²) in [6.07, 6.45) is -0.533. The summed E-state index contributed by atoms with van der Waals surface area (Å²) >= 11 is 0. The Morgan fingerprint density at radius 3 is 2.69 bits per heavy atom. The smallest absolute Gasteiger partial charge is 0.137 e. The Morgan fingerprint density at radius 2 is 2.31 bits per heavy atom. The highest BCUT2D eigenvalue weighted by atomic mass is 16.5. The molecule has 5 heteroatoms. The van der Waals surface area contributed by atoms with Crippen molar-refractivity contribution in [3.8, 4) is 0 Å². The van der Waals surface area contributed by atoms with Crippen molar-refractivity contribution in [3.63, 3.8) is 0 Å². The number of ether oxygens (including phenoxy) is 1. The maximum atomic E-state index is 9.62. The molecule has 0 aromatic rings. The standard InChI is InChI=1S/C8H17BO4/c1-5(9)6-2-7(11)8(12,3-10)4-13-6/h5-7,10-12H,2-4,9H2,1H3/t5-,6+,7?,8+/m1/s1. The van der Waals surface area contributed by atoms with Gasteiger partial charge < -0.3 is 20.1 Å². The molecule has 0 aromatic heterocycles. The van der Waals surface area contributed by atoms with Crippen LogP contribution in [-0.4, -0.2) is 54.2 Å². The van der Waals surface area contributed by atoms with Crippen LogP contribution in [0.1, 0.15) is 13.3 Å². The molecule has 1 aliphatic heterocycles. The zero-order valence-electron chi connectivity index (χ0n) is 8.10. The first kappa shape index (κ1) is 11.0. The monoisotopic (exact) mass is 188 g/mol. The summed E-state index contributed by atoms with van der Waals surface area (Å²) in [6, 6.07) is 0. The van der Waals surface area contributed by atoms with Gasteiger partial charge in [-0.25, -0.2) is 0 Å². The molecule has 1 unspecified atom stereocenters. The average Bonchev–Trinajstić information content (AvgIpc) is 2.09. The predicted octanol–water partition coefficient (Wildman–Crippen LogP) is -1.70. The Labute approximate surface area is 78.9 Å². The van der Waals surface area contributed by atoms with Crippen LogP contribution >= 0.6 is 0 Å². The molecule has 0 radical (unpaired) electrons. The van der Waals surface area contributed by atoms with Gasteiger partial charge in [-0.05, 0) is 5.82 Å². The topological polar surface area (TPSA) is 69.9 Å². The van der Waals surface area contributed by atoms with Crippen LogP contribution in [0.2, 0.25) is 5.82 Å². The van der Waals surface area contributed by atoms with E-state index in [2.05, 4.69) is 0 Å². The quantitative estimate of drug-likeness (QED) is 0.452. The third-order valence-electron chi connectivity index (χ3n) is 2.64. The largest absolute Gasteiger partial charge is 0.393 e. The summed E-state index contributed by atoms with van der Waals surface area (Å²) in [5.74, 6) is 0.317. The molecule has 13 heavy (non-hydrogen) atoms. The van der Waals surface area contributed by atoms with Crippen LogP contribution in [0.5, 0.6) is 0 Å². The van der Waals surface area contributed by atoms with E-state index in [1.165, 1.54) is 0 Å². The first-order chi connectivity index (χ1) is 5.99. The van der Waals surface area contributed by atoms with Crippen LogP contribution in [0.25, 0.3) is 0 Å². The summed E-state index contributed by atoms with van der Waals surface area (Å²) in [4.78, 5) is 0. The van der Waals surface area contributed by atoms with E-state index in [0.717, 1.165) is 0 Å². The van der Waals surface area contributed by atoms with Crippen molar-refractivity contribution < 1.29 is 20.1 Å². The molecule has 3 N–H and O–H groups in total. The van der Waals surface area contributed by atoms with Crippen molar-refractivity contribution in [3.05, 3.63) is 0 Å². The molecule has 0 spiro atoms. The van der Waals surface area contributed by atoms with Crippen molar-refractivity contribution in [1.29, 1.82) is 0 Å². The fourth-order valence-corrected chi connectivity index (χ4v) is 1.47. The van der Waals surface area contributed by atoms with Gasteiger partial charge in [-0.15, -0.1) is 0 Å². The highest BCUT2D eigenvalue weighted by Gasteiger charge is 2.42. The van der Waals surface area contributed by atoms with Crippen molar-refractivity contribution in [1.82, 2.24) is 0 Å². The van der Waals surface area contributed by atoms with Gasteiger partial charge >= 0.3 is 0 Å². The Hall–Kier alpha value is -0.0951. The minimum atomic E-state index is -1.47. The second kappa shape index (κ2) is 3.96. The Balaban J connectivity index is 2.56. The van der Waals surface area contributed by atoms with Crippen LogP contribution < -0.4 is 0 Å². The first-order valence-corrected chi connectivity index (χ1v) is 4.62. The summed E-state index contributed by atoms with van der Waals surface area (Å²) < 4.78 is 5.35. The van der Waals surface area contributed by atoms with Crippen molar-refractivity contribution in [2.24, 2.45) is 0 Å². The zero-order chi connectivity index (χ0) is 10.1. The molecule has 0 aliphatic carbocycles. The van der Waals surface area contributed by atoms with Gasteiger partial charge in [0.1, 0.15) is 13.4 Å². The highest BCUT2D eigenvalue weighted by molar-refractivity contribution is 6.11. The lowest BCUT2D eigenvalue weighted by Gasteiger charge is -2.40. The zero-order valence-corrected chi connectivity index (χ0v) is 8.10. The third kappa shape index (κ3) is 2.23. The predicted molar refractivity (Wildman–Crippen MR) is 50.4 cm³/mol. The SMILES string of the molecule is B[C@H](C)[C@@H]1CC(O)[C@](O)(CO)CO1. The van der Waals surface area contributed by atoms with Gasteiger partial charge in [0, 0.05) is 6.42 Å². The number of rotatable bonds is 2. The van der Waals surface area contributed by atoms with E-state index in [1.807, 2.05) is 14.8 Å². The molecular weight excluding hydrogens is 171 g/mol. The maximum Gasteiger partial charge on any atom is 0.137 e. The number of aliphatic hydroxyl groups is 3. The van der Waals surface area contributed by atoms with Gasteiger partial charge in [0.2, 0.25) is 0 Å². The molecule has 0 aromatic carbocycles. The third-order valence-corrected chi connectivity index (χ3v) is 2.64. The summed E-state index contributed by atoms with van der Waals surface area (Å²) in [7, 11) is 2.00. The molecule has 4 nitrogen and oxygen atoms in total. The average molecular weight is 188 g/mol. The van der Waals surface area contributed by atoms with E-state index in [4.69, 9.17) is 9.84 Å². The highest BCUT2D eigenvalue weighted by Crippen LogP contribution is 2.27. The fourth-order valence-electron chi connectivity index (χ4n) is 1.47. The van der Waals surface area contributed by atoms with E-state index >= 15 is 0 Å². The molecule has 1 aliphatic rings. The van der Waals surface area contributed by atoms with Crippen LogP contribution in [0.3, 0.4) is 0 Å². The van der Waals surface area contributed by atoms with Gasteiger partial charge in [0.15, 0.2) is 0 Å². The van der Waals surface area contributed by atoms with Crippen molar-refractivity contribution in [2.75, 3.05) is 13.2 Å². The molecule has 1 rings (SSSR count). The maximum absolute atomic E-state index is 9.62. The first-order valence-electron chi connectivity index (χ1n) is 4.62. The van der Waals surface area contributed by atoms with Gasteiger partial charge in [0.25, 0.3) is 0 Å². The van der Waals surface area contributed by atoms with Gasteiger partial charge in [-0.1, -0.05) is 6.92 Å². The van der Waals surface area contributed by atoms with Crippen molar-refractivity contribution >= 4 is 7.85 Å². The summed E-state index contributed by atoms with van der Waals surface area (Å²) in [6.45, 7) is 1.55. The Bertz CT molecular complexity index is 176. The lowest BCUT2D eigenvalue weighted by atomic mass is 9.78. The molecule has 1 fully saturated rings. The van der Waals surface area contributed by atoms with E-state index in [0.29, 0.717) is 12.2 Å². The van der Waals surface area contributed by atoms with Crippen LogP contribution in [0.4, 0.5) is 0 Å². The van der Waals surface area contributed by atoms with Gasteiger partial charge in [-0.3, -0.25) is 0 Å². The van der Waals surface area contributed by atoms with Crippen LogP contribution in [-0.2, 0) is 4.74 Å². The van der Waals surface area contributed by atoms with Crippen LogP contribution in [0, 0.1) is 0 Å². The fraction of sp³-hybridized carbons (Fsp3) is 1.00. The molecule has 0 amide bonds. The molecule has 1 saturated heterocycles. The van der Waals surface area contributed by atoms with E-state index in [-0.39, 0.29) is 12.7 Å². The minimum Gasteiger partial charge on any atom is -0.393 e. The number of aliphatic hydroxyl groups excluding tert-OH is 2. The Kier molecular flexibility index (Phi) is 3.35. The lowest BCUT2D eigenvalue weighted by Crippen LogP contribution is -2.55. The second-order valence-corrected chi connectivity index (χ2v) is 4.11. The number of hydrogen-bond acceptors (Lipinski definition) is 4.